The van der Waals surface area contributed by atoms with Gasteiger partial charge in [-0.15, -0.1) is 0 Å². The molecule has 0 fully saturated rings. The minimum absolute atomic E-state index is 0.342. The summed E-state index contributed by atoms with van der Waals surface area (Å²) in [6.45, 7) is 1.25. The fraction of sp³-hybridized carbons (Fsp3) is 0.273. The Hall–Kier alpha value is -1.42. The van der Waals surface area contributed by atoms with Crippen LogP contribution in [0, 0.1) is 9.39 Å². The van der Waals surface area contributed by atoms with Gasteiger partial charge in [-0.05, 0) is 47.7 Å². The molecule has 0 aliphatic carbocycles. The number of urea groups is 1. The standard InChI is InChI=1S/C11H12FIN2O4/c1-5(16)9(10(17)18)15-11(19)14-8-3-2-6(12)4-7(8)13/h2-5,9,16H,1H3,(H,17,18)(H2,14,15,19). The number of amides is 2. The second kappa shape index (κ2) is 6.66. The number of aliphatic hydroxyl groups excluding tert-OH is 1. The van der Waals surface area contributed by atoms with Crippen molar-refractivity contribution in [2.75, 3.05) is 5.32 Å². The summed E-state index contributed by atoms with van der Waals surface area (Å²) in [5.74, 6) is -1.79. The third-order valence-electron chi connectivity index (χ3n) is 2.21. The van der Waals surface area contributed by atoms with Crippen LogP contribution >= 0.6 is 22.6 Å². The van der Waals surface area contributed by atoms with E-state index in [9.17, 15) is 19.1 Å². The van der Waals surface area contributed by atoms with Gasteiger partial charge in [0.1, 0.15) is 5.82 Å². The van der Waals surface area contributed by atoms with Crippen LogP contribution in [-0.4, -0.2) is 34.4 Å². The minimum Gasteiger partial charge on any atom is -0.480 e. The first kappa shape index (κ1) is 15.6. The lowest BCUT2D eigenvalue weighted by molar-refractivity contribution is -0.141. The third-order valence-corrected chi connectivity index (χ3v) is 3.11. The maximum absolute atomic E-state index is 12.9. The van der Waals surface area contributed by atoms with Crippen molar-refractivity contribution in [3.8, 4) is 0 Å². The average Bonchev–Trinajstić information content (AvgIpc) is 2.29. The number of carbonyl (C=O) groups is 2. The zero-order valence-electron chi connectivity index (χ0n) is 9.85. The number of carboxylic acids is 1. The van der Waals surface area contributed by atoms with Crippen LogP contribution in [0.2, 0.25) is 0 Å². The molecule has 1 rings (SSSR count). The molecule has 0 spiro atoms. The van der Waals surface area contributed by atoms with E-state index in [0.717, 1.165) is 0 Å². The van der Waals surface area contributed by atoms with E-state index in [-0.39, 0.29) is 0 Å². The molecule has 0 aliphatic heterocycles. The molecule has 0 heterocycles. The fourth-order valence-corrected chi connectivity index (χ4v) is 1.89. The van der Waals surface area contributed by atoms with Crippen LogP contribution in [0.1, 0.15) is 6.92 Å². The van der Waals surface area contributed by atoms with E-state index in [1.54, 1.807) is 0 Å². The largest absolute Gasteiger partial charge is 0.480 e. The Kier molecular flexibility index (Phi) is 5.48. The van der Waals surface area contributed by atoms with E-state index < -0.39 is 30.0 Å². The maximum Gasteiger partial charge on any atom is 0.328 e. The zero-order chi connectivity index (χ0) is 14.6. The number of benzene rings is 1. The van der Waals surface area contributed by atoms with E-state index in [0.29, 0.717) is 9.26 Å². The molecule has 8 heteroatoms. The highest BCUT2D eigenvalue weighted by molar-refractivity contribution is 14.1. The Morgan fingerprint density at radius 3 is 2.53 bits per heavy atom. The van der Waals surface area contributed by atoms with Crippen LogP contribution in [0.25, 0.3) is 0 Å². The monoisotopic (exact) mass is 382 g/mol. The molecule has 2 atom stereocenters. The summed E-state index contributed by atoms with van der Waals surface area (Å²) in [6.07, 6.45) is -1.24. The van der Waals surface area contributed by atoms with Gasteiger partial charge in [0.05, 0.1) is 11.8 Å². The van der Waals surface area contributed by atoms with Gasteiger partial charge in [-0.1, -0.05) is 0 Å². The SMILES string of the molecule is CC(O)C(NC(=O)Nc1ccc(F)cc1I)C(=O)O. The van der Waals surface area contributed by atoms with Crippen LogP contribution < -0.4 is 10.6 Å². The Morgan fingerprint density at radius 2 is 2.05 bits per heavy atom. The number of carbonyl (C=O) groups excluding carboxylic acids is 1. The maximum atomic E-state index is 12.9. The summed E-state index contributed by atoms with van der Waals surface area (Å²) >= 11 is 1.83. The van der Waals surface area contributed by atoms with Crippen molar-refractivity contribution < 1.29 is 24.2 Å². The molecule has 19 heavy (non-hydrogen) atoms. The highest BCUT2D eigenvalue weighted by Gasteiger charge is 2.25. The van der Waals surface area contributed by atoms with Crippen molar-refractivity contribution in [1.82, 2.24) is 5.32 Å². The second-order valence-electron chi connectivity index (χ2n) is 3.78. The Bertz CT molecular complexity index is 496. The number of aliphatic carboxylic acids is 1. The minimum atomic E-state index is -1.42. The van der Waals surface area contributed by atoms with Gasteiger partial charge in [0.2, 0.25) is 0 Å². The van der Waals surface area contributed by atoms with E-state index in [1.807, 2.05) is 22.6 Å². The molecular weight excluding hydrogens is 370 g/mol. The number of anilines is 1. The van der Waals surface area contributed by atoms with Gasteiger partial charge in [-0.3, -0.25) is 0 Å². The number of hydrogen-bond donors (Lipinski definition) is 4. The molecule has 2 unspecified atom stereocenters. The average molecular weight is 382 g/mol. The number of halogens is 2. The van der Waals surface area contributed by atoms with Gasteiger partial charge in [-0.25, -0.2) is 14.0 Å². The van der Waals surface area contributed by atoms with Crippen molar-refractivity contribution in [2.24, 2.45) is 0 Å². The van der Waals surface area contributed by atoms with Crippen molar-refractivity contribution in [3.05, 3.63) is 27.6 Å². The zero-order valence-corrected chi connectivity index (χ0v) is 12.0. The molecule has 104 valence electrons. The van der Waals surface area contributed by atoms with Crippen molar-refractivity contribution in [2.45, 2.75) is 19.1 Å². The van der Waals surface area contributed by atoms with Gasteiger partial charge in [0.15, 0.2) is 6.04 Å². The number of hydrogen-bond acceptors (Lipinski definition) is 3. The van der Waals surface area contributed by atoms with Crippen LogP contribution in [-0.2, 0) is 4.79 Å². The van der Waals surface area contributed by atoms with E-state index in [1.165, 1.54) is 25.1 Å². The summed E-state index contributed by atoms with van der Waals surface area (Å²) in [5.41, 5.74) is 0.342. The lowest BCUT2D eigenvalue weighted by atomic mass is 10.2. The van der Waals surface area contributed by atoms with E-state index in [2.05, 4.69) is 10.6 Å². The molecule has 0 radical (unpaired) electrons. The molecule has 0 aliphatic rings. The topological polar surface area (TPSA) is 98.7 Å². The summed E-state index contributed by atoms with van der Waals surface area (Å²) in [4.78, 5) is 22.4. The van der Waals surface area contributed by atoms with Crippen molar-refractivity contribution in [1.29, 1.82) is 0 Å². The molecule has 1 aromatic rings. The smallest absolute Gasteiger partial charge is 0.328 e. The fourth-order valence-electron chi connectivity index (χ4n) is 1.28. The number of rotatable bonds is 4. The molecule has 2 amide bonds. The van der Waals surface area contributed by atoms with Gasteiger partial charge in [0, 0.05) is 3.57 Å². The lowest BCUT2D eigenvalue weighted by Gasteiger charge is -2.17. The van der Waals surface area contributed by atoms with Gasteiger partial charge in [0.25, 0.3) is 0 Å². The molecule has 4 N–H and O–H groups in total. The predicted molar refractivity (Wildman–Crippen MR) is 74.4 cm³/mol. The van der Waals surface area contributed by atoms with Crippen LogP contribution in [0.5, 0.6) is 0 Å². The lowest BCUT2D eigenvalue weighted by Crippen LogP contribution is -2.49. The van der Waals surface area contributed by atoms with Gasteiger partial charge in [-0.2, -0.15) is 0 Å². The van der Waals surface area contributed by atoms with E-state index >= 15 is 0 Å². The molecule has 1 aromatic carbocycles. The molecular formula is C11H12FIN2O4. The van der Waals surface area contributed by atoms with Gasteiger partial charge < -0.3 is 20.8 Å². The number of aliphatic hydroxyl groups is 1. The highest BCUT2D eigenvalue weighted by Crippen LogP contribution is 2.18. The molecule has 6 nitrogen and oxygen atoms in total. The summed E-state index contributed by atoms with van der Waals surface area (Å²) in [5, 5.41) is 22.5. The first-order chi connectivity index (χ1) is 8.81. The summed E-state index contributed by atoms with van der Waals surface area (Å²) < 4.78 is 13.3. The van der Waals surface area contributed by atoms with Crippen LogP contribution in [0.3, 0.4) is 0 Å². The molecule has 0 bridgehead atoms. The third kappa shape index (κ3) is 4.63. The van der Waals surface area contributed by atoms with E-state index in [4.69, 9.17) is 5.11 Å². The Labute approximate surface area is 122 Å². The predicted octanol–water partition coefficient (Wildman–Crippen LogP) is 1.39. The molecule has 0 saturated carbocycles. The van der Waals surface area contributed by atoms with Gasteiger partial charge >= 0.3 is 12.0 Å². The van der Waals surface area contributed by atoms with Crippen LogP contribution in [0.4, 0.5) is 14.9 Å². The molecule has 0 saturated heterocycles. The number of nitrogens with one attached hydrogen (secondary N) is 2. The quantitative estimate of drug-likeness (QED) is 0.592. The van der Waals surface area contributed by atoms with Crippen LogP contribution in [0.15, 0.2) is 18.2 Å². The normalized spacial score (nSPS) is 13.5. The first-order valence-electron chi connectivity index (χ1n) is 5.24. The highest BCUT2D eigenvalue weighted by atomic mass is 127. The summed E-state index contributed by atoms with van der Waals surface area (Å²) in [7, 11) is 0. The van der Waals surface area contributed by atoms with Crippen molar-refractivity contribution >= 4 is 40.3 Å². The second-order valence-corrected chi connectivity index (χ2v) is 4.94. The molecule has 0 aromatic heterocycles. The summed E-state index contributed by atoms with van der Waals surface area (Å²) in [6, 6.07) is 1.53. The number of carboxylic acid groups (broad SMARTS) is 1. The first-order valence-corrected chi connectivity index (χ1v) is 6.32. The Balaban J connectivity index is 2.72. The Morgan fingerprint density at radius 1 is 1.42 bits per heavy atom. The van der Waals surface area contributed by atoms with Crippen molar-refractivity contribution in [3.63, 3.8) is 0 Å².